The molecule has 0 unspecified atom stereocenters. The van der Waals surface area contributed by atoms with E-state index in [4.69, 9.17) is 5.11 Å². The van der Waals surface area contributed by atoms with Crippen molar-refractivity contribution >= 4 is 11.6 Å². The lowest BCUT2D eigenvalue weighted by Gasteiger charge is -2.15. The van der Waals surface area contributed by atoms with Crippen LogP contribution < -0.4 is 5.32 Å². The molecule has 426 valence electrons. The molecule has 2 N–H and O–H groups in total. The molecule has 0 heterocycles. The Balaban J connectivity index is 0. The van der Waals surface area contributed by atoms with Crippen LogP contribution in [0, 0.1) is 5.92 Å². The maximum atomic E-state index is 13.0. The molecule has 0 radical (unpaired) electrons. The minimum Gasteiger partial charge on any atom is -0.396 e. The summed E-state index contributed by atoms with van der Waals surface area (Å²) in [5.41, 5.74) is 0. The van der Waals surface area contributed by atoms with Gasteiger partial charge in [-0.25, -0.2) is 0 Å². The number of carbonyl (C=O) groups excluding carboxylic acids is 2. The standard InChI is InChI=1S/C37H73NO2.C29H61NO/c1-4-7-9-11-13-15-17-19-21-23-25-27-29-31-36(39)35(33-34-38-6-3)37(40)32-30-28-26-24-22-20-18-16-14-12-10-8-5-2;1-3-4-5-6-7-8-9-10-11-12-13-14-15-16-17-18-19-20-21-22-23-24-25-27-30(2)28-26-29-31/h35,38H,4-34H2,1-3H3;31H,3-29H2,1-2H3. The van der Waals surface area contributed by atoms with E-state index >= 15 is 0 Å². The molecule has 0 aliphatic carbocycles. The number of Topliss-reactive ketones (excluding diaryl/α,β-unsaturated/α-hetero) is 2. The molecule has 0 spiro atoms. The van der Waals surface area contributed by atoms with Crippen LogP contribution in [-0.2, 0) is 9.59 Å². The third-order valence-corrected chi connectivity index (χ3v) is 15.5. The molecular weight excluding hydrogens is 869 g/mol. The number of nitrogens with one attached hydrogen (secondary N) is 1. The lowest BCUT2D eigenvalue weighted by Crippen LogP contribution is -2.28. The number of aliphatic hydroxyl groups is 1. The third kappa shape index (κ3) is 61.7. The minimum atomic E-state index is -0.367. The van der Waals surface area contributed by atoms with Crippen LogP contribution in [0.15, 0.2) is 0 Å². The van der Waals surface area contributed by atoms with Crippen molar-refractivity contribution < 1.29 is 14.7 Å². The Labute approximate surface area is 448 Å². The van der Waals surface area contributed by atoms with Crippen molar-refractivity contribution in [1.29, 1.82) is 0 Å². The first-order chi connectivity index (χ1) is 35.0. The summed E-state index contributed by atoms with van der Waals surface area (Å²) >= 11 is 0. The summed E-state index contributed by atoms with van der Waals surface area (Å²) in [6.07, 6.45) is 70.3. The molecule has 0 atom stereocenters. The molecule has 0 saturated heterocycles. The molecule has 71 heavy (non-hydrogen) atoms. The Kier molecular flexibility index (Phi) is 66.5. The van der Waals surface area contributed by atoms with E-state index in [-0.39, 0.29) is 17.5 Å². The van der Waals surface area contributed by atoms with Crippen LogP contribution >= 0.6 is 0 Å². The molecule has 0 fully saturated rings. The van der Waals surface area contributed by atoms with Crippen LogP contribution in [0.5, 0.6) is 0 Å². The molecule has 5 heteroatoms. The van der Waals surface area contributed by atoms with Gasteiger partial charge in [0.1, 0.15) is 11.6 Å². The smallest absolute Gasteiger partial charge is 0.143 e. The molecule has 0 rings (SSSR count). The zero-order chi connectivity index (χ0) is 52.0. The number of aliphatic hydroxyl groups excluding tert-OH is 1. The Morgan fingerprint density at radius 3 is 0.803 bits per heavy atom. The summed E-state index contributed by atoms with van der Waals surface area (Å²) in [7, 11) is 2.17. The zero-order valence-corrected chi connectivity index (χ0v) is 49.8. The summed E-state index contributed by atoms with van der Waals surface area (Å²) in [4.78, 5) is 28.3. The number of unbranched alkanes of at least 4 members (excludes halogenated alkanes) is 46. The summed E-state index contributed by atoms with van der Waals surface area (Å²) in [6, 6.07) is 0. The Hall–Kier alpha value is -0.780. The number of carbonyl (C=O) groups is 2. The van der Waals surface area contributed by atoms with Crippen LogP contribution in [0.25, 0.3) is 0 Å². The van der Waals surface area contributed by atoms with E-state index in [1.807, 2.05) is 0 Å². The van der Waals surface area contributed by atoms with E-state index in [9.17, 15) is 9.59 Å². The van der Waals surface area contributed by atoms with Gasteiger partial charge in [-0.05, 0) is 58.8 Å². The monoisotopic (exact) mass is 1000 g/mol. The first kappa shape index (κ1) is 72.3. The van der Waals surface area contributed by atoms with Crippen molar-refractivity contribution in [2.75, 3.05) is 39.8 Å². The lowest BCUT2D eigenvalue weighted by atomic mass is 9.89. The zero-order valence-electron chi connectivity index (χ0n) is 49.8. The number of nitrogens with zero attached hydrogens (tertiary/aromatic N) is 1. The quantitative estimate of drug-likeness (QED) is 0.0469. The molecular formula is C66H134N2O3. The van der Waals surface area contributed by atoms with Crippen LogP contribution in [-0.4, -0.2) is 61.4 Å². The number of rotatable bonds is 61. The minimum absolute atomic E-state index is 0.209. The molecule has 0 aliphatic heterocycles. The number of hydrogen-bond acceptors (Lipinski definition) is 5. The fraction of sp³-hybridized carbons (Fsp3) is 0.970. The van der Waals surface area contributed by atoms with E-state index in [0.29, 0.717) is 25.9 Å². The van der Waals surface area contributed by atoms with Gasteiger partial charge in [0.15, 0.2) is 0 Å². The summed E-state index contributed by atoms with van der Waals surface area (Å²) < 4.78 is 0. The summed E-state index contributed by atoms with van der Waals surface area (Å²) in [6.45, 7) is 13.2. The average Bonchev–Trinajstić information content (AvgIpc) is 3.37. The number of hydrogen-bond donors (Lipinski definition) is 2. The largest absolute Gasteiger partial charge is 0.396 e. The SMILES string of the molecule is CCCCCCCCCCCCCCCC(=O)C(CCNCC)C(=O)CCCCCCCCCCCCCCC.CCCCCCCCCCCCCCCCCCCCCCCCCN(C)CCCO. The molecule has 0 aromatic carbocycles. The van der Waals surface area contributed by atoms with E-state index in [2.05, 4.69) is 45.0 Å². The Morgan fingerprint density at radius 1 is 0.338 bits per heavy atom. The van der Waals surface area contributed by atoms with Crippen LogP contribution in [0.4, 0.5) is 0 Å². The third-order valence-electron chi connectivity index (χ3n) is 15.5. The summed E-state index contributed by atoms with van der Waals surface area (Å²) in [5.74, 6) is 0.0510. The second-order valence-electron chi connectivity index (χ2n) is 22.8. The van der Waals surface area contributed by atoms with Crippen molar-refractivity contribution in [1.82, 2.24) is 10.2 Å². The van der Waals surface area contributed by atoms with Gasteiger partial charge in [-0.15, -0.1) is 0 Å². The topological polar surface area (TPSA) is 69.6 Å². The van der Waals surface area contributed by atoms with Gasteiger partial charge in [-0.2, -0.15) is 0 Å². The highest BCUT2D eigenvalue weighted by molar-refractivity contribution is 6.02. The lowest BCUT2D eigenvalue weighted by molar-refractivity contribution is -0.133. The average molecular weight is 1000 g/mol. The highest BCUT2D eigenvalue weighted by atomic mass is 16.3. The van der Waals surface area contributed by atoms with Crippen molar-refractivity contribution in [2.45, 2.75) is 368 Å². The molecule has 5 nitrogen and oxygen atoms in total. The van der Waals surface area contributed by atoms with Gasteiger partial charge in [-0.3, -0.25) is 9.59 Å². The fourth-order valence-electron chi connectivity index (χ4n) is 10.5. The molecule has 0 aliphatic rings. The second-order valence-corrected chi connectivity index (χ2v) is 22.8. The highest BCUT2D eigenvalue weighted by Crippen LogP contribution is 2.20. The predicted octanol–water partition coefficient (Wildman–Crippen LogP) is 21.0. The maximum Gasteiger partial charge on any atom is 0.143 e. The maximum absolute atomic E-state index is 13.0. The Morgan fingerprint density at radius 2 is 0.563 bits per heavy atom. The van der Waals surface area contributed by atoms with Crippen LogP contribution in [0.3, 0.4) is 0 Å². The van der Waals surface area contributed by atoms with Gasteiger partial charge in [0, 0.05) is 26.0 Å². The van der Waals surface area contributed by atoms with E-state index in [0.717, 1.165) is 51.7 Å². The van der Waals surface area contributed by atoms with Crippen molar-refractivity contribution in [3.63, 3.8) is 0 Å². The number of ketones is 2. The van der Waals surface area contributed by atoms with Crippen molar-refractivity contribution in [3.8, 4) is 0 Å². The van der Waals surface area contributed by atoms with E-state index < -0.39 is 0 Å². The van der Waals surface area contributed by atoms with Crippen LogP contribution in [0.2, 0.25) is 0 Å². The molecule has 0 saturated carbocycles. The first-order valence-electron chi connectivity index (χ1n) is 33.0. The second kappa shape index (κ2) is 65.3. The fourth-order valence-corrected chi connectivity index (χ4v) is 10.5. The molecule has 0 aromatic rings. The van der Waals surface area contributed by atoms with E-state index in [1.54, 1.807) is 0 Å². The van der Waals surface area contributed by atoms with Gasteiger partial charge in [0.2, 0.25) is 0 Å². The van der Waals surface area contributed by atoms with Gasteiger partial charge < -0.3 is 15.3 Å². The van der Waals surface area contributed by atoms with Crippen molar-refractivity contribution in [3.05, 3.63) is 0 Å². The Bertz CT molecular complexity index is 946. The molecule has 0 aromatic heterocycles. The predicted molar refractivity (Wildman–Crippen MR) is 318 cm³/mol. The molecule has 0 amide bonds. The van der Waals surface area contributed by atoms with E-state index in [1.165, 1.54) is 295 Å². The normalized spacial score (nSPS) is 11.5. The van der Waals surface area contributed by atoms with Gasteiger partial charge in [-0.1, -0.05) is 323 Å². The van der Waals surface area contributed by atoms with Gasteiger partial charge in [0.05, 0.1) is 5.92 Å². The highest BCUT2D eigenvalue weighted by Gasteiger charge is 2.24. The van der Waals surface area contributed by atoms with Gasteiger partial charge >= 0.3 is 0 Å². The van der Waals surface area contributed by atoms with Crippen molar-refractivity contribution in [2.24, 2.45) is 5.92 Å². The summed E-state index contributed by atoms with van der Waals surface area (Å²) in [5, 5.41) is 12.2. The van der Waals surface area contributed by atoms with Crippen LogP contribution in [0.1, 0.15) is 368 Å². The first-order valence-corrected chi connectivity index (χ1v) is 33.0. The molecule has 0 bridgehead atoms. The van der Waals surface area contributed by atoms with Gasteiger partial charge in [0.25, 0.3) is 0 Å².